The van der Waals surface area contributed by atoms with Crippen LogP contribution in [0.25, 0.3) is 22.2 Å². The highest BCUT2D eigenvalue weighted by molar-refractivity contribution is 5.96. The van der Waals surface area contributed by atoms with Crippen molar-refractivity contribution in [3.05, 3.63) is 36.4 Å². The molecule has 1 aliphatic rings. The predicted octanol–water partition coefficient (Wildman–Crippen LogP) is 3.08. The molecule has 1 saturated carbocycles. The number of amides is 1. The van der Waals surface area contributed by atoms with Crippen LogP contribution < -0.4 is 10.1 Å². The van der Waals surface area contributed by atoms with Crippen LogP contribution in [0.2, 0.25) is 0 Å². The summed E-state index contributed by atoms with van der Waals surface area (Å²) < 4.78 is 78.4. The Labute approximate surface area is 156 Å². The maximum absolute atomic E-state index is 14.0. The van der Waals surface area contributed by atoms with Crippen molar-refractivity contribution in [1.29, 1.82) is 0 Å². The van der Waals surface area contributed by atoms with Gasteiger partial charge in [0, 0.05) is 16.5 Å². The second-order valence-corrected chi connectivity index (χ2v) is 5.95. The Hall–Kier alpha value is -3.03. The minimum absolute atomic E-state index is 0.0761. The zero-order chi connectivity index (χ0) is 23.4. The lowest BCUT2D eigenvalue weighted by molar-refractivity contribution is -0.117. The SMILES string of the molecule is [2H]C([2H])([2H])Oc1ncc(F)cc1-c1cc2cc(NC(=O)[C@@H]3C[C@@H]3F)ncc2n1C([2H])([2H])[2H]. The van der Waals surface area contributed by atoms with E-state index in [0.29, 0.717) is 5.39 Å². The molecule has 0 bridgehead atoms. The molecule has 0 aliphatic heterocycles. The largest absolute Gasteiger partial charge is 0.481 e. The molecule has 0 saturated heterocycles. The van der Waals surface area contributed by atoms with Gasteiger partial charge >= 0.3 is 0 Å². The van der Waals surface area contributed by atoms with Crippen LogP contribution in [0, 0.1) is 11.7 Å². The summed E-state index contributed by atoms with van der Waals surface area (Å²) >= 11 is 0. The van der Waals surface area contributed by atoms with Crippen LogP contribution in [0.5, 0.6) is 5.88 Å². The summed E-state index contributed by atoms with van der Waals surface area (Å²) in [5, 5.41) is 2.78. The lowest BCUT2D eigenvalue weighted by Gasteiger charge is -2.08. The van der Waals surface area contributed by atoms with Crippen LogP contribution in [0.1, 0.15) is 14.6 Å². The van der Waals surface area contributed by atoms with Crippen LogP contribution in [0.3, 0.4) is 0 Å². The minimum Gasteiger partial charge on any atom is -0.481 e. The van der Waals surface area contributed by atoms with E-state index in [1.807, 2.05) is 0 Å². The second-order valence-electron chi connectivity index (χ2n) is 5.95. The molecule has 2 atom stereocenters. The third-order valence-electron chi connectivity index (χ3n) is 4.18. The quantitative estimate of drug-likeness (QED) is 0.772. The molecule has 3 aromatic rings. The van der Waals surface area contributed by atoms with Crippen molar-refractivity contribution in [2.75, 3.05) is 12.4 Å². The highest BCUT2D eigenvalue weighted by atomic mass is 19.1. The number of halogens is 2. The summed E-state index contributed by atoms with van der Waals surface area (Å²) in [6.45, 7) is -2.76. The standard InChI is InChI=1S/C18H16F2N4O2/c1-24-14(12-5-10(19)7-22-18(12)26-2)3-9-4-16(21-8-15(9)24)23-17(25)11-6-13(11)20/h3-5,7-8,11,13H,6H2,1-2H3,(H,21,23,25)/t11-,13+/m1/s1/i1D3,2D3. The number of methoxy groups -OCH3 is 1. The summed E-state index contributed by atoms with van der Waals surface area (Å²) in [7, 11) is -2.91. The van der Waals surface area contributed by atoms with Gasteiger partial charge in [0.05, 0.1) is 46.2 Å². The molecule has 3 aromatic heterocycles. The van der Waals surface area contributed by atoms with Crippen LogP contribution in [-0.4, -0.2) is 33.7 Å². The molecule has 1 aliphatic carbocycles. The molecule has 0 unspecified atom stereocenters. The number of nitrogens with one attached hydrogen (secondary N) is 1. The first-order chi connectivity index (χ1) is 14.8. The number of pyridine rings is 2. The van der Waals surface area contributed by atoms with E-state index < -0.39 is 43.7 Å². The fourth-order valence-electron chi connectivity index (χ4n) is 2.72. The number of rotatable bonds is 4. The molecular weight excluding hydrogens is 342 g/mol. The van der Waals surface area contributed by atoms with Gasteiger partial charge in [-0.2, -0.15) is 0 Å². The Morgan fingerprint density at radius 2 is 2.23 bits per heavy atom. The lowest BCUT2D eigenvalue weighted by atomic mass is 10.2. The van der Waals surface area contributed by atoms with E-state index in [1.54, 1.807) is 0 Å². The molecule has 1 N–H and O–H groups in total. The van der Waals surface area contributed by atoms with E-state index in [-0.39, 0.29) is 29.0 Å². The zero-order valence-electron chi connectivity index (χ0n) is 19.2. The molecule has 0 spiro atoms. The number of fused-ring (bicyclic) bond motifs is 1. The van der Waals surface area contributed by atoms with Gasteiger partial charge in [-0.25, -0.2) is 18.7 Å². The summed E-state index contributed by atoms with van der Waals surface area (Å²) in [5.41, 5.74) is -0.184. The van der Waals surface area contributed by atoms with Gasteiger partial charge in [-0.3, -0.25) is 4.79 Å². The van der Waals surface area contributed by atoms with E-state index >= 15 is 0 Å². The molecule has 3 heterocycles. The third kappa shape index (κ3) is 2.77. The molecule has 1 amide bonds. The van der Waals surface area contributed by atoms with Crippen molar-refractivity contribution < 1.29 is 26.5 Å². The van der Waals surface area contributed by atoms with E-state index in [1.165, 1.54) is 18.3 Å². The number of carbonyl (C=O) groups is 1. The number of anilines is 1. The number of nitrogens with zero attached hydrogens (tertiary/aromatic N) is 3. The number of ether oxygens (including phenoxy) is 1. The Balaban J connectivity index is 1.84. The van der Waals surface area contributed by atoms with Crippen molar-refractivity contribution in [3.63, 3.8) is 0 Å². The Bertz CT molecular complexity index is 1210. The number of hydrogen-bond acceptors (Lipinski definition) is 4. The van der Waals surface area contributed by atoms with Gasteiger partial charge in [-0.15, -0.1) is 0 Å². The zero-order valence-corrected chi connectivity index (χ0v) is 13.2. The fourth-order valence-corrected chi connectivity index (χ4v) is 2.72. The summed E-state index contributed by atoms with van der Waals surface area (Å²) in [6.07, 6.45) is 0.876. The molecule has 6 nitrogen and oxygen atoms in total. The maximum Gasteiger partial charge on any atom is 0.231 e. The van der Waals surface area contributed by atoms with E-state index in [9.17, 15) is 13.6 Å². The highest BCUT2D eigenvalue weighted by Gasteiger charge is 2.43. The van der Waals surface area contributed by atoms with Gasteiger partial charge in [-0.1, -0.05) is 0 Å². The number of aromatic nitrogens is 3. The molecule has 0 aromatic carbocycles. The fraction of sp³-hybridized carbons (Fsp3) is 0.278. The first-order valence-electron chi connectivity index (χ1n) is 10.7. The normalized spacial score (nSPS) is 23.2. The Kier molecular flexibility index (Phi) is 2.52. The van der Waals surface area contributed by atoms with Gasteiger partial charge < -0.3 is 14.6 Å². The molecule has 26 heavy (non-hydrogen) atoms. The monoisotopic (exact) mass is 364 g/mol. The highest BCUT2D eigenvalue weighted by Crippen LogP contribution is 2.35. The van der Waals surface area contributed by atoms with Crippen molar-refractivity contribution in [2.45, 2.75) is 12.6 Å². The third-order valence-corrected chi connectivity index (χ3v) is 4.18. The van der Waals surface area contributed by atoms with Crippen molar-refractivity contribution in [3.8, 4) is 17.1 Å². The van der Waals surface area contributed by atoms with Gasteiger partial charge in [-0.05, 0) is 24.6 Å². The van der Waals surface area contributed by atoms with Gasteiger partial charge in [0.15, 0.2) is 0 Å². The first-order valence-corrected chi connectivity index (χ1v) is 7.65. The van der Waals surface area contributed by atoms with E-state index in [2.05, 4.69) is 15.3 Å². The molecule has 1 fully saturated rings. The molecule has 134 valence electrons. The van der Waals surface area contributed by atoms with Gasteiger partial charge in [0.1, 0.15) is 17.8 Å². The predicted molar refractivity (Wildman–Crippen MR) is 92.1 cm³/mol. The lowest BCUT2D eigenvalue weighted by Crippen LogP contribution is -2.15. The van der Waals surface area contributed by atoms with Crippen molar-refractivity contribution >= 4 is 22.6 Å². The van der Waals surface area contributed by atoms with E-state index in [0.717, 1.165) is 16.8 Å². The topological polar surface area (TPSA) is 69.0 Å². The van der Waals surface area contributed by atoms with E-state index in [4.69, 9.17) is 13.0 Å². The number of carbonyl (C=O) groups excluding carboxylic acids is 1. The first kappa shape index (κ1) is 10.8. The van der Waals surface area contributed by atoms with Crippen LogP contribution in [-0.2, 0) is 11.8 Å². The second kappa shape index (κ2) is 6.05. The smallest absolute Gasteiger partial charge is 0.231 e. The summed E-state index contributed by atoms with van der Waals surface area (Å²) in [6, 6.07) is 3.65. The van der Waals surface area contributed by atoms with Crippen LogP contribution >= 0.6 is 0 Å². The average molecular weight is 364 g/mol. The Morgan fingerprint density at radius 3 is 2.96 bits per heavy atom. The molecule has 4 rings (SSSR count). The molecule has 8 heteroatoms. The van der Waals surface area contributed by atoms with Gasteiger partial charge in [0.25, 0.3) is 0 Å². The average Bonchev–Trinajstić information content (AvgIpc) is 3.26. The Morgan fingerprint density at radius 1 is 1.38 bits per heavy atom. The number of alkyl halides is 1. The maximum atomic E-state index is 14.0. The number of aryl methyl sites for hydroxylation is 1. The molecular formula is C18H16F2N4O2. The van der Waals surface area contributed by atoms with Crippen LogP contribution in [0.4, 0.5) is 14.6 Å². The number of hydrogen-bond donors (Lipinski definition) is 1. The summed E-state index contributed by atoms with van der Waals surface area (Å²) in [5.74, 6) is -2.52. The summed E-state index contributed by atoms with van der Waals surface area (Å²) in [4.78, 5) is 19.7. The minimum atomic E-state index is -2.91. The van der Waals surface area contributed by atoms with Crippen molar-refractivity contribution in [1.82, 2.24) is 14.5 Å². The van der Waals surface area contributed by atoms with Gasteiger partial charge in [0.2, 0.25) is 11.8 Å². The van der Waals surface area contributed by atoms with Crippen LogP contribution in [0.15, 0.2) is 30.6 Å². The van der Waals surface area contributed by atoms with Crippen molar-refractivity contribution in [2.24, 2.45) is 12.9 Å². The molecule has 0 radical (unpaired) electrons.